The number of amides is 1. The molecule has 2 aliphatic rings. The van der Waals surface area contributed by atoms with Gasteiger partial charge in [-0.25, -0.2) is 9.97 Å². The van der Waals surface area contributed by atoms with Crippen LogP contribution in [0.2, 0.25) is 0 Å². The van der Waals surface area contributed by atoms with Gasteiger partial charge in [-0.1, -0.05) is 33.8 Å². The molecule has 44 heavy (non-hydrogen) atoms. The first-order valence-electron chi connectivity index (χ1n) is 15.5. The number of anilines is 3. The number of hydrogen-bond acceptors (Lipinski definition) is 9. The van der Waals surface area contributed by atoms with Crippen LogP contribution in [-0.2, 0) is 10.2 Å². The summed E-state index contributed by atoms with van der Waals surface area (Å²) in [6.45, 7) is 15.7. The smallest absolute Gasteiger partial charge is 0.265 e. The predicted molar refractivity (Wildman–Crippen MR) is 180 cm³/mol. The Labute approximate surface area is 266 Å². The molecule has 2 N–H and O–H groups in total. The molecule has 3 aromatic heterocycles. The summed E-state index contributed by atoms with van der Waals surface area (Å²) in [5, 5.41) is 4.39. The second-order valence-corrected chi connectivity index (χ2v) is 14.7. The molecule has 9 nitrogen and oxygen atoms in total. The number of rotatable bonds is 5. The maximum absolute atomic E-state index is 13.7. The van der Waals surface area contributed by atoms with Crippen LogP contribution in [-0.4, -0.2) is 60.3 Å². The molecule has 1 saturated heterocycles. The van der Waals surface area contributed by atoms with E-state index >= 15 is 0 Å². The summed E-state index contributed by atoms with van der Waals surface area (Å²) in [5.74, 6) is 2.12. The summed E-state index contributed by atoms with van der Waals surface area (Å²) in [6.07, 6.45) is 3.83. The highest BCUT2D eigenvalue weighted by molar-refractivity contribution is 7.97. The molecule has 1 fully saturated rings. The van der Waals surface area contributed by atoms with Crippen LogP contribution in [0.25, 0.3) is 0 Å². The van der Waals surface area contributed by atoms with Crippen molar-refractivity contribution in [2.75, 3.05) is 49.0 Å². The van der Waals surface area contributed by atoms with Crippen LogP contribution < -0.4 is 19.8 Å². The summed E-state index contributed by atoms with van der Waals surface area (Å²) in [5.41, 5.74) is 3.30. The Balaban J connectivity index is 1.52. The van der Waals surface area contributed by atoms with E-state index in [9.17, 15) is 4.79 Å². The third kappa shape index (κ3) is 7.12. The van der Waals surface area contributed by atoms with Crippen LogP contribution in [0.15, 0.2) is 53.7 Å². The molecule has 3 unspecified atom stereocenters. The number of likely N-dealkylation sites (N-methyl/N-ethyl adjacent to an activating group) is 1. The van der Waals surface area contributed by atoms with Crippen molar-refractivity contribution in [2.45, 2.75) is 76.4 Å². The quantitative estimate of drug-likeness (QED) is 0.312. The number of methoxy groups -OCH3 is 1. The summed E-state index contributed by atoms with van der Waals surface area (Å²) < 4.78 is 8.29. The number of fused-ring (bicyclic) bond motifs is 6. The van der Waals surface area contributed by atoms with E-state index in [4.69, 9.17) is 19.7 Å². The lowest BCUT2D eigenvalue weighted by molar-refractivity contribution is 0.0984. The van der Waals surface area contributed by atoms with Gasteiger partial charge in [0.2, 0.25) is 0 Å². The Hall–Kier alpha value is -3.37. The van der Waals surface area contributed by atoms with E-state index in [1.165, 1.54) is 11.9 Å². The topological polar surface area (TPSA) is 95.5 Å². The van der Waals surface area contributed by atoms with Gasteiger partial charge in [0.15, 0.2) is 0 Å². The fourth-order valence-corrected chi connectivity index (χ4v) is 6.79. The van der Waals surface area contributed by atoms with Crippen molar-refractivity contribution in [3.63, 3.8) is 0 Å². The molecular weight excluding hydrogens is 570 g/mol. The summed E-state index contributed by atoms with van der Waals surface area (Å²) in [7, 11) is 3.77. The number of carbonyl (C=O) groups excluding carboxylic acids is 1. The number of ether oxygens (including phenoxy) is 1. The van der Waals surface area contributed by atoms with Gasteiger partial charge in [-0.05, 0) is 74.9 Å². The third-order valence-corrected chi connectivity index (χ3v) is 9.68. The van der Waals surface area contributed by atoms with E-state index < -0.39 is 0 Å². The largest absolute Gasteiger partial charge is 0.383 e. The Morgan fingerprint density at radius 1 is 1.14 bits per heavy atom. The van der Waals surface area contributed by atoms with Gasteiger partial charge in [0, 0.05) is 55.8 Å². The average Bonchev–Trinajstić information content (AvgIpc) is 3.32. The molecule has 0 spiro atoms. The summed E-state index contributed by atoms with van der Waals surface area (Å²) in [6, 6.07) is 14.0. The number of hydrogen-bond donors (Lipinski definition) is 2. The molecule has 3 aromatic rings. The highest BCUT2D eigenvalue weighted by Crippen LogP contribution is 2.43. The fraction of sp³-hybridized carbons (Fsp3) is 0.529. The molecule has 0 aromatic carbocycles. The zero-order valence-corrected chi connectivity index (χ0v) is 28.2. The minimum absolute atomic E-state index is 0.0362. The second kappa shape index (κ2) is 12.9. The van der Waals surface area contributed by atoms with Gasteiger partial charge in [0.05, 0.1) is 35.8 Å². The Morgan fingerprint density at radius 3 is 2.64 bits per heavy atom. The number of carbonyl (C=O) groups is 1. The number of nitrogens with zero attached hydrogens (tertiary/aromatic N) is 5. The molecule has 5 heterocycles. The van der Waals surface area contributed by atoms with E-state index in [1.807, 2.05) is 36.5 Å². The summed E-state index contributed by atoms with van der Waals surface area (Å²) in [4.78, 5) is 33.1. The van der Waals surface area contributed by atoms with E-state index in [-0.39, 0.29) is 22.9 Å². The van der Waals surface area contributed by atoms with Gasteiger partial charge in [0.1, 0.15) is 16.7 Å². The molecule has 0 aliphatic carbocycles. The van der Waals surface area contributed by atoms with Gasteiger partial charge in [-0.2, -0.15) is 0 Å². The average molecular weight is 618 g/mol. The zero-order chi connectivity index (χ0) is 31.6. The van der Waals surface area contributed by atoms with Gasteiger partial charge >= 0.3 is 0 Å². The van der Waals surface area contributed by atoms with Crippen LogP contribution in [0.4, 0.5) is 17.3 Å². The monoisotopic (exact) mass is 617 g/mol. The molecule has 0 saturated carbocycles. The molecule has 3 atom stereocenters. The first kappa shape index (κ1) is 32.0. The summed E-state index contributed by atoms with van der Waals surface area (Å²) >= 11 is 1.22. The predicted octanol–water partition coefficient (Wildman–Crippen LogP) is 6.49. The Kier molecular flexibility index (Phi) is 9.41. The van der Waals surface area contributed by atoms with Crippen molar-refractivity contribution in [1.82, 2.24) is 19.7 Å². The number of aromatic nitrogens is 3. The van der Waals surface area contributed by atoms with E-state index in [0.717, 1.165) is 54.6 Å². The van der Waals surface area contributed by atoms with Gasteiger partial charge in [0.25, 0.3) is 5.91 Å². The fourth-order valence-electron chi connectivity index (χ4n) is 6.19. The van der Waals surface area contributed by atoms with E-state index in [2.05, 4.69) is 80.6 Å². The Bertz CT molecular complexity index is 1460. The SMILES string of the molecule is COCCN(C)c1ccc(C2CC(C)C3CN(c4nc(C(C)(C)C)ccc4C(=O)NSc4cccc(n4)N2)C(C)(C)C3)nc1. The molecule has 0 radical (unpaired) electrons. The maximum atomic E-state index is 13.7. The van der Waals surface area contributed by atoms with Gasteiger partial charge in [-0.3, -0.25) is 14.5 Å². The molecule has 4 bridgehead atoms. The minimum Gasteiger partial charge on any atom is -0.383 e. The van der Waals surface area contributed by atoms with Crippen molar-refractivity contribution >= 4 is 35.2 Å². The zero-order valence-electron chi connectivity index (χ0n) is 27.3. The van der Waals surface area contributed by atoms with Crippen LogP contribution in [0.1, 0.15) is 82.2 Å². The van der Waals surface area contributed by atoms with Crippen LogP contribution in [0.3, 0.4) is 0 Å². The molecular formula is C34H47N7O2S. The standard InChI is InChI=1S/C34H47N7O2S/c1-22-18-27(26-14-12-24(20-35-26)40(7)16-17-43-8)36-29-10-9-11-30(38-29)44-39-32(42)25-13-15-28(33(2,3)4)37-31(25)41-21-23(22)19-34(41,5)6/h9-15,20,22-23,27H,16-19,21H2,1-8H3,(H,36,38)(H,39,42). The molecule has 10 heteroatoms. The van der Waals surface area contributed by atoms with Crippen LogP contribution in [0, 0.1) is 11.8 Å². The van der Waals surface area contributed by atoms with E-state index in [0.29, 0.717) is 29.0 Å². The van der Waals surface area contributed by atoms with Crippen LogP contribution >= 0.6 is 11.9 Å². The Morgan fingerprint density at radius 2 is 1.93 bits per heavy atom. The van der Waals surface area contributed by atoms with Gasteiger partial charge in [-0.15, -0.1) is 0 Å². The lowest BCUT2D eigenvalue weighted by Crippen LogP contribution is -2.40. The first-order chi connectivity index (χ1) is 20.9. The maximum Gasteiger partial charge on any atom is 0.265 e. The second-order valence-electron chi connectivity index (χ2n) is 13.9. The van der Waals surface area contributed by atoms with Crippen molar-refractivity contribution in [3.05, 3.63) is 65.6 Å². The van der Waals surface area contributed by atoms with E-state index in [1.54, 1.807) is 7.11 Å². The van der Waals surface area contributed by atoms with Crippen LogP contribution in [0.5, 0.6) is 0 Å². The molecule has 5 rings (SSSR count). The minimum atomic E-state index is -0.169. The van der Waals surface area contributed by atoms with Crippen molar-refractivity contribution in [3.8, 4) is 0 Å². The highest BCUT2D eigenvalue weighted by Gasteiger charge is 2.43. The third-order valence-electron chi connectivity index (χ3n) is 8.96. The number of nitrogens with one attached hydrogen (secondary N) is 2. The van der Waals surface area contributed by atoms with Gasteiger partial charge < -0.3 is 19.9 Å². The van der Waals surface area contributed by atoms with Crippen molar-refractivity contribution in [2.24, 2.45) is 11.8 Å². The molecule has 236 valence electrons. The van der Waals surface area contributed by atoms with Crippen molar-refractivity contribution < 1.29 is 9.53 Å². The first-order valence-corrected chi connectivity index (χ1v) is 16.3. The lowest BCUT2D eigenvalue weighted by Gasteiger charge is -2.34. The van der Waals surface area contributed by atoms with Crippen molar-refractivity contribution in [1.29, 1.82) is 0 Å². The normalized spacial score (nSPS) is 21.9. The molecule has 2 aliphatic heterocycles. The molecule has 1 amide bonds. The number of pyridine rings is 3. The highest BCUT2D eigenvalue weighted by atomic mass is 32.2. The lowest BCUT2D eigenvalue weighted by atomic mass is 9.83.